The van der Waals surface area contributed by atoms with Gasteiger partial charge in [-0.25, -0.2) is 0 Å². The van der Waals surface area contributed by atoms with Crippen molar-refractivity contribution in [1.82, 2.24) is 9.97 Å². The second-order valence-electron chi connectivity index (χ2n) is 7.36. The van der Waals surface area contributed by atoms with Crippen LogP contribution in [-0.2, 0) is 11.8 Å². The molecule has 0 saturated heterocycles. The Morgan fingerprint density at radius 1 is 1.10 bits per heavy atom. The number of rotatable bonds is 7. The second-order valence-corrected chi connectivity index (χ2v) is 8.20. The number of aromatic nitrogens is 2. The van der Waals surface area contributed by atoms with Crippen molar-refractivity contribution in [2.75, 3.05) is 19.0 Å². The summed E-state index contributed by atoms with van der Waals surface area (Å²) < 4.78 is 5.28. The van der Waals surface area contributed by atoms with Gasteiger partial charge in [0.05, 0.1) is 24.3 Å². The molecule has 0 fully saturated rings. The average molecular weight is 441 g/mol. The molecule has 154 valence electrons. The number of nitrogens with one attached hydrogen (secondary N) is 1. The summed E-state index contributed by atoms with van der Waals surface area (Å²) >= 11 is 12.2. The van der Waals surface area contributed by atoms with Crippen molar-refractivity contribution >= 4 is 29.0 Å². The molecule has 0 radical (unpaired) electrons. The minimum Gasteiger partial charge on any atom is -0.467 e. The van der Waals surface area contributed by atoms with Gasteiger partial charge in [0.25, 0.3) is 0 Å². The lowest BCUT2D eigenvalue weighted by Gasteiger charge is -2.17. The smallest absolute Gasteiger partial charge is 0.318 e. The molecule has 0 amide bonds. The van der Waals surface area contributed by atoms with E-state index in [1.54, 1.807) is 6.07 Å². The van der Waals surface area contributed by atoms with Crippen LogP contribution in [-0.4, -0.2) is 23.6 Å². The van der Waals surface area contributed by atoms with Gasteiger partial charge in [-0.3, -0.25) is 0 Å². The van der Waals surface area contributed by atoms with E-state index >= 15 is 0 Å². The summed E-state index contributed by atoms with van der Waals surface area (Å²) in [5.41, 5.74) is 2.93. The van der Waals surface area contributed by atoms with Gasteiger partial charge in [-0.1, -0.05) is 47.5 Å². The fourth-order valence-electron chi connectivity index (χ4n) is 2.94. The van der Waals surface area contributed by atoms with Crippen molar-refractivity contribution in [3.05, 3.63) is 69.7 Å². The minimum absolute atomic E-state index is 0.268. The first-order chi connectivity index (χ1) is 14.3. The highest BCUT2D eigenvalue weighted by molar-refractivity contribution is 6.35. The topological polar surface area (TPSA) is 70.8 Å². The number of halogens is 2. The molecular weight excluding hydrogens is 419 g/mol. The first-order valence-electron chi connectivity index (χ1n) is 9.45. The summed E-state index contributed by atoms with van der Waals surface area (Å²) in [5, 5.41) is 14.0. The van der Waals surface area contributed by atoms with Crippen molar-refractivity contribution in [2.45, 2.75) is 25.7 Å². The molecule has 7 heteroatoms. The number of hydrogen-bond donors (Lipinski definition) is 1. The van der Waals surface area contributed by atoms with Gasteiger partial charge in [0.15, 0.2) is 0 Å². The normalized spacial score (nSPS) is 11.1. The van der Waals surface area contributed by atoms with Crippen LogP contribution in [0.4, 0.5) is 5.82 Å². The Morgan fingerprint density at radius 2 is 1.90 bits per heavy atom. The average Bonchev–Trinajstić information content (AvgIpc) is 2.75. The zero-order valence-electron chi connectivity index (χ0n) is 17.0. The van der Waals surface area contributed by atoms with Gasteiger partial charge in [-0.2, -0.15) is 15.2 Å². The van der Waals surface area contributed by atoms with Crippen LogP contribution in [0.2, 0.25) is 10.0 Å². The highest BCUT2D eigenvalue weighted by Gasteiger charge is 2.20. The van der Waals surface area contributed by atoms with Crippen molar-refractivity contribution < 1.29 is 4.74 Å². The van der Waals surface area contributed by atoms with Gasteiger partial charge in [-0.15, -0.1) is 0 Å². The zero-order chi connectivity index (χ0) is 21.7. The standard InChI is InChI=1S/C23H22Cl2N4O/c1-23(2,14-26)17-6-4-5-16(11-17)20-13-21(29-22(28-20)30-3)27-10-9-15-7-8-18(24)12-19(15)25/h4-8,11-13H,9-10H2,1-3H3,(H,27,28,29). The molecule has 1 aromatic heterocycles. The van der Waals surface area contributed by atoms with Crippen LogP contribution in [0.3, 0.4) is 0 Å². The molecule has 0 bridgehead atoms. The number of anilines is 1. The molecule has 0 atom stereocenters. The molecule has 5 nitrogen and oxygen atoms in total. The third kappa shape index (κ3) is 5.21. The van der Waals surface area contributed by atoms with E-state index in [1.807, 2.05) is 56.3 Å². The lowest BCUT2D eigenvalue weighted by Crippen LogP contribution is -2.13. The number of hydrogen-bond acceptors (Lipinski definition) is 5. The number of nitrogens with zero attached hydrogens (tertiary/aromatic N) is 3. The molecule has 0 unspecified atom stereocenters. The van der Waals surface area contributed by atoms with Gasteiger partial charge in [0.1, 0.15) is 5.82 Å². The summed E-state index contributed by atoms with van der Waals surface area (Å²) in [6.07, 6.45) is 0.712. The predicted octanol–water partition coefficient (Wildman–Crippen LogP) is 5.91. The molecule has 1 heterocycles. The van der Waals surface area contributed by atoms with E-state index in [1.165, 1.54) is 7.11 Å². The lowest BCUT2D eigenvalue weighted by atomic mass is 9.85. The Kier molecular flexibility index (Phi) is 6.81. The second kappa shape index (κ2) is 9.34. The zero-order valence-corrected chi connectivity index (χ0v) is 18.6. The van der Waals surface area contributed by atoms with Crippen LogP contribution in [0.5, 0.6) is 6.01 Å². The van der Waals surface area contributed by atoms with Crippen molar-refractivity contribution in [1.29, 1.82) is 5.26 Å². The Bertz CT molecular complexity index is 1090. The van der Waals surface area contributed by atoms with Gasteiger partial charge in [-0.05, 0) is 49.6 Å². The SMILES string of the molecule is COc1nc(NCCc2ccc(Cl)cc2Cl)cc(-c2cccc(C(C)(C)C#N)c2)n1. The third-order valence-electron chi connectivity index (χ3n) is 4.76. The maximum atomic E-state index is 9.44. The van der Waals surface area contributed by atoms with E-state index in [9.17, 15) is 5.26 Å². The highest BCUT2D eigenvalue weighted by Crippen LogP contribution is 2.28. The molecule has 2 aromatic carbocycles. The lowest BCUT2D eigenvalue weighted by molar-refractivity contribution is 0.381. The maximum absolute atomic E-state index is 9.44. The molecule has 0 aliphatic heterocycles. The molecule has 0 saturated carbocycles. The van der Waals surface area contributed by atoms with Crippen LogP contribution in [0.15, 0.2) is 48.5 Å². The quantitative estimate of drug-likeness (QED) is 0.493. The van der Waals surface area contributed by atoms with E-state index in [-0.39, 0.29) is 6.01 Å². The molecule has 0 aliphatic rings. The van der Waals surface area contributed by atoms with Crippen LogP contribution >= 0.6 is 23.2 Å². The number of benzene rings is 2. The fraction of sp³-hybridized carbons (Fsp3) is 0.261. The van der Waals surface area contributed by atoms with E-state index in [4.69, 9.17) is 27.9 Å². The molecule has 1 N–H and O–H groups in total. The van der Waals surface area contributed by atoms with Crippen LogP contribution < -0.4 is 10.1 Å². The summed E-state index contributed by atoms with van der Waals surface area (Å²) in [4.78, 5) is 8.85. The molecule has 30 heavy (non-hydrogen) atoms. The molecule has 0 aliphatic carbocycles. The number of nitriles is 1. The Morgan fingerprint density at radius 3 is 2.60 bits per heavy atom. The first kappa shape index (κ1) is 21.9. The van der Waals surface area contributed by atoms with Crippen molar-refractivity contribution in [3.8, 4) is 23.3 Å². The van der Waals surface area contributed by atoms with Gasteiger partial charge in [0.2, 0.25) is 0 Å². The Balaban J connectivity index is 1.82. The number of methoxy groups -OCH3 is 1. The maximum Gasteiger partial charge on any atom is 0.318 e. The van der Waals surface area contributed by atoms with Crippen molar-refractivity contribution in [3.63, 3.8) is 0 Å². The molecule has 0 spiro atoms. The fourth-order valence-corrected chi connectivity index (χ4v) is 3.44. The molecule has 3 aromatic rings. The Labute approximate surface area is 186 Å². The molecule has 3 rings (SSSR count). The third-order valence-corrected chi connectivity index (χ3v) is 5.35. The molecular formula is C23H22Cl2N4O. The van der Waals surface area contributed by atoms with Crippen LogP contribution in [0.25, 0.3) is 11.3 Å². The van der Waals surface area contributed by atoms with Gasteiger partial charge >= 0.3 is 6.01 Å². The summed E-state index contributed by atoms with van der Waals surface area (Å²) in [6.45, 7) is 4.41. The van der Waals surface area contributed by atoms with Gasteiger partial charge < -0.3 is 10.1 Å². The van der Waals surface area contributed by atoms with Crippen LogP contribution in [0, 0.1) is 11.3 Å². The summed E-state index contributed by atoms with van der Waals surface area (Å²) in [7, 11) is 1.53. The first-order valence-corrected chi connectivity index (χ1v) is 10.2. The van der Waals surface area contributed by atoms with E-state index in [0.29, 0.717) is 34.5 Å². The van der Waals surface area contributed by atoms with E-state index in [2.05, 4.69) is 21.4 Å². The highest BCUT2D eigenvalue weighted by atomic mass is 35.5. The number of ether oxygens (including phenoxy) is 1. The monoisotopic (exact) mass is 440 g/mol. The summed E-state index contributed by atoms with van der Waals surface area (Å²) in [5.74, 6) is 0.645. The van der Waals surface area contributed by atoms with Gasteiger partial charge in [0, 0.05) is 28.2 Å². The Hall–Kier alpha value is -2.81. The van der Waals surface area contributed by atoms with E-state index in [0.717, 1.165) is 16.7 Å². The minimum atomic E-state index is -0.591. The van der Waals surface area contributed by atoms with Crippen LogP contribution in [0.1, 0.15) is 25.0 Å². The predicted molar refractivity (Wildman–Crippen MR) is 121 cm³/mol. The van der Waals surface area contributed by atoms with Crippen molar-refractivity contribution in [2.24, 2.45) is 0 Å². The van der Waals surface area contributed by atoms with E-state index < -0.39 is 5.41 Å². The summed E-state index contributed by atoms with van der Waals surface area (Å²) in [6, 6.07) is 17.7. The largest absolute Gasteiger partial charge is 0.467 e.